The van der Waals surface area contributed by atoms with E-state index in [1.54, 1.807) is 81.7 Å². The third kappa shape index (κ3) is 24.2. The number of anilines is 1. The van der Waals surface area contributed by atoms with E-state index in [0.717, 1.165) is 49.5 Å². The van der Waals surface area contributed by atoms with Crippen LogP contribution in [0.25, 0.3) is 33.8 Å². The molecule has 0 aliphatic carbocycles. The molecule has 1 radical (unpaired) electrons. The largest absolute Gasteiger partial charge is 0.569 e. The molecule has 451 valence electrons. The SMILES string of the molecule is CC(C)(C)OC(=O)c1cccc(O[B]O)c1.Cc1ccc(N)nc1-c1cccc(C(=O)OC(C)(C)C)c1.Cc1ccc[n+](C)c1-c1cccc(C(=O)OC(C)(C)C)c1.Cc1cccnc1-c1cccc(C(=O)OC(C)(C)C)c1.Cc1cccnc1Br. The number of benzene rings is 4. The molecule has 8 rings (SSSR count). The Morgan fingerprint density at radius 3 is 1.29 bits per heavy atom. The zero-order chi connectivity index (χ0) is 64.2. The summed E-state index contributed by atoms with van der Waals surface area (Å²) in [5.41, 5.74) is 15.7. The minimum atomic E-state index is -0.531. The lowest BCUT2D eigenvalue weighted by Gasteiger charge is -2.19. The molecule has 4 aromatic heterocycles. The highest BCUT2D eigenvalue weighted by Crippen LogP contribution is 2.27. The van der Waals surface area contributed by atoms with Gasteiger partial charge in [0.1, 0.15) is 45.6 Å². The molecule has 0 spiro atoms. The molecule has 0 aliphatic heterocycles. The van der Waals surface area contributed by atoms with Gasteiger partial charge in [0.2, 0.25) is 5.69 Å². The van der Waals surface area contributed by atoms with Crippen molar-refractivity contribution >= 4 is 53.3 Å². The smallest absolute Gasteiger partial charge is 0.537 e. The topological polar surface area (TPSA) is 203 Å². The van der Waals surface area contributed by atoms with Gasteiger partial charge in [-0.25, -0.2) is 33.7 Å². The summed E-state index contributed by atoms with van der Waals surface area (Å²) in [7, 11) is 2.57. The van der Waals surface area contributed by atoms with Crippen molar-refractivity contribution in [1.29, 1.82) is 0 Å². The first-order valence-electron chi connectivity index (χ1n) is 27.8. The van der Waals surface area contributed by atoms with Crippen LogP contribution in [0.4, 0.5) is 5.82 Å². The van der Waals surface area contributed by atoms with Gasteiger partial charge in [-0.1, -0.05) is 54.6 Å². The van der Waals surface area contributed by atoms with Gasteiger partial charge in [-0.3, -0.25) is 4.98 Å². The highest BCUT2D eigenvalue weighted by atomic mass is 79.9. The number of carbonyl (C=O) groups excluding carboxylic acids is 4. The molecule has 0 atom stereocenters. The van der Waals surface area contributed by atoms with E-state index in [1.165, 1.54) is 17.2 Å². The van der Waals surface area contributed by atoms with Crippen LogP contribution in [0.2, 0.25) is 0 Å². The molecule has 17 heteroatoms. The first-order chi connectivity index (χ1) is 40.1. The van der Waals surface area contributed by atoms with Gasteiger partial charge in [0.25, 0.3) is 0 Å². The first-order valence-corrected chi connectivity index (χ1v) is 28.6. The van der Waals surface area contributed by atoms with E-state index in [0.29, 0.717) is 41.5 Å². The van der Waals surface area contributed by atoms with Gasteiger partial charge in [0, 0.05) is 40.7 Å². The average Bonchev–Trinajstić information content (AvgIpc) is 2.33. The number of nitrogen functional groups attached to an aromatic ring is 1. The lowest BCUT2D eigenvalue weighted by Crippen LogP contribution is -2.31. The van der Waals surface area contributed by atoms with Crippen molar-refractivity contribution < 1.29 is 52.4 Å². The predicted octanol–water partition coefficient (Wildman–Crippen LogP) is 14.7. The summed E-state index contributed by atoms with van der Waals surface area (Å²) in [6, 6.07) is 44.2. The van der Waals surface area contributed by atoms with Crippen LogP contribution in [-0.2, 0) is 26.0 Å². The van der Waals surface area contributed by atoms with Crippen LogP contribution >= 0.6 is 15.9 Å². The molecule has 0 amide bonds. The highest BCUT2D eigenvalue weighted by Gasteiger charge is 2.23. The van der Waals surface area contributed by atoms with Gasteiger partial charge in [0.15, 0.2) is 6.20 Å². The Bertz CT molecular complexity index is 3540. The molecule has 0 unspecified atom stereocenters. The average molecular weight is 1230 g/mol. The number of nitrogens with two attached hydrogens (primary N) is 1. The number of rotatable bonds is 9. The summed E-state index contributed by atoms with van der Waals surface area (Å²) in [6.07, 6.45) is 5.52. The lowest BCUT2D eigenvalue weighted by atomic mass is 10.0. The second-order valence-electron chi connectivity index (χ2n) is 23.8. The molecule has 4 heterocycles. The van der Waals surface area contributed by atoms with Gasteiger partial charge >= 0.3 is 31.6 Å². The van der Waals surface area contributed by atoms with E-state index < -0.39 is 28.4 Å². The summed E-state index contributed by atoms with van der Waals surface area (Å²) in [6.45, 7) is 30.2. The van der Waals surface area contributed by atoms with Crippen molar-refractivity contribution in [2.75, 3.05) is 5.73 Å². The fraction of sp³-hybridized carbons (Fsp3) is 0.304. The molecule has 0 saturated heterocycles. The van der Waals surface area contributed by atoms with Gasteiger partial charge in [-0.15, -0.1) is 0 Å². The quantitative estimate of drug-likeness (QED) is 0.0454. The Morgan fingerprint density at radius 2 is 0.872 bits per heavy atom. The van der Waals surface area contributed by atoms with E-state index in [9.17, 15) is 19.2 Å². The minimum Gasteiger partial charge on any atom is -0.537 e. The molecule has 4 aromatic carbocycles. The van der Waals surface area contributed by atoms with Crippen molar-refractivity contribution in [3.05, 3.63) is 213 Å². The van der Waals surface area contributed by atoms with Crippen LogP contribution in [-0.4, -0.2) is 73.9 Å². The van der Waals surface area contributed by atoms with Crippen LogP contribution in [0.1, 0.15) is 147 Å². The Balaban J connectivity index is 0.000000236. The van der Waals surface area contributed by atoms with E-state index in [-0.39, 0.29) is 17.9 Å². The van der Waals surface area contributed by atoms with Gasteiger partial charge < -0.3 is 34.4 Å². The van der Waals surface area contributed by atoms with Crippen LogP contribution in [0.3, 0.4) is 0 Å². The summed E-state index contributed by atoms with van der Waals surface area (Å²) in [4.78, 5) is 60.8. The maximum Gasteiger partial charge on any atom is 0.569 e. The molecule has 15 nitrogen and oxygen atoms in total. The van der Waals surface area contributed by atoms with Crippen molar-refractivity contribution in [1.82, 2.24) is 15.0 Å². The normalized spacial score (nSPS) is 11.0. The van der Waals surface area contributed by atoms with Crippen molar-refractivity contribution in [2.24, 2.45) is 7.05 Å². The number of halogens is 1. The van der Waals surface area contributed by atoms with Crippen molar-refractivity contribution in [3.63, 3.8) is 0 Å². The predicted molar refractivity (Wildman–Crippen MR) is 343 cm³/mol. The number of esters is 4. The number of nitrogens with zero attached hydrogens (tertiary/aromatic N) is 4. The summed E-state index contributed by atoms with van der Waals surface area (Å²) < 4.78 is 29.1. The summed E-state index contributed by atoms with van der Waals surface area (Å²) in [5, 5.41) is 8.47. The first kappa shape index (κ1) is 70.0. The number of pyridine rings is 4. The lowest BCUT2D eigenvalue weighted by molar-refractivity contribution is -0.660. The number of aromatic nitrogens is 4. The molecule has 3 N–H and O–H groups in total. The van der Waals surface area contributed by atoms with E-state index in [2.05, 4.69) is 48.4 Å². The standard InChI is InChI=1S/C18H22NO2.C17H20N2O2.C17H19NO2.C11H14BO4.C6H6BrN/c1-13-8-7-11-19(5)16(13)14-9-6-10-15(12-14)17(20)21-18(2,3)4;1-11-8-9-14(18)19-15(11)12-6-5-7-13(10-12)16(20)21-17(2,3)4;1-12-7-6-10-18-15(12)13-8-5-9-14(11-13)16(19)20-17(2,3)4;1-11(2,3)15-10(13)8-5-4-6-9(7-8)16-12-14;1-5-3-2-4-8-6(5)7/h6-12H,1-5H3;5-10H,1-4H3,(H2,18,19);5-11H,1-4H3;4-7,14H,1-3H3;2-4H,1H3/q+1;;;;. The van der Waals surface area contributed by atoms with Crippen molar-refractivity contribution in [3.8, 4) is 39.5 Å². The number of hydrogen-bond donors (Lipinski definition) is 2. The Kier molecular flexibility index (Phi) is 25.7. The Hall–Kier alpha value is -8.54. The number of ether oxygens (including phenoxy) is 4. The number of aryl methyl sites for hydroxylation is 5. The zero-order valence-corrected chi connectivity index (χ0v) is 54.1. The monoisotopic (exact) mass is 1230 g/mol. The molecule has 0 saturated carbocycles. The minimum absolute atomic E-state index is 0.291. The van der Waals surface area contributed by atoms with Crippen molar-refractivity contribution in [2.45, 2.75) is 133 Å². The maximum absolute atomic E-state index is 12.2. The fourth-order valence-electron chi connectivity index (χ4n) is 7.76. The van der Waals surface area contributed by atoms with Crippen LogP contribution in [0, 0.1) is 27.7 Å². The maximum atomic E-state index is 12.2. The molecule has 0 fully saturated rings. The van der Waals surface area contributed by atoms with Gasteiger partial charge in [-0.2, -0.15) is 0 Å². The molecule has 0 bridgehead atoms. The van der Waals surface area contributed by atoms with Crippen LogP contribution in [0.5, 0.6) is 5.75 Å². The molecule has 86 heavy (non-hydrogen) atoms. The molecule has 8 aromatic rings. The van der Waals surface area contributed by atoms with E-state index in [4.69, 9.17) is 34.4 Å². The van der Waals surface area contributed by atoms with Gasteiger partial charge in [0.05, 0.1) is 33.6 Å². The zero-order valence-electron chi connectivity index (χ0n) is 52.5. The highest BCUT2D eigenvalue weighted by molar-refractivity contribution is 9.10. The van der Waals surface area contributed by atoms with Crippen LogP contribution in [0.15, 0.2) is 169 Å². The van der Waals surface area contributed by atoms with Gasteiger partial charge in [-0.05, 0) is 228 Å². The van der Waals surface area contributed by atoms with E-state index >= 15 is 0 Å². The Morgan fingerprint density at radius 1 is 0.477 bits per heavy atom. The van der Waals surface area contributed by atoms with Crippen LogP contribution < -0.4 is 15.0 Å². The molecular formula is C69H81BBrN5O10+. The summed E-state index contributed by atoms with van der Waals surface area (Å²) >= 11 is 3.28. The molecule has 0 aliphatic rings. The second kappa shape index (κ2) is 31.6. The fourth-order valence-corrected chi connectivity index (χ4v) is 8.01. The van der Waals surface area contributed by atoms with E-state index in [1.807, 2.05) is 181 Å². The third-order valence-corrected chi connectivity index (χ3v) is 12.3. The second-order valence-corrected chi connectivity index (χ2v) is 24.6. The third-order valence-electron chi connectivity index (χ3n) is 11.4. The Labute approximate surface area is 516 Å². The number of carbonyl (C=O) groups is 4. The molecular weight excluding hydrogens is 1150 g/mol. The number of hydrogen-bond acceptors (Lipinski definition) is 14. The summed E-state index contributed by atoms with van der Waals surface area (Å²) in [5.74, 6) is -0.528.